The van der Waals surface area contributed by atoms with Gasteiger partial charge in [0.2, 0.25) is 0 Å². The van der Waals surface area contributed by atoms with Crippen molar-refractivity contribution >= 4 is 40.7 Å². The second-order valence-electron chi connectivity index (χ2n) is 5.57. The number of nitrogens with one attached hydrogen (secondary N) is 2. The van der Waals surface area contributed by atoms with Gasteiger partial charge in [-0.3, -0.25) is 9.20 Å². The molecule has 154 valence electrons. The summed E-state index contributed by atoms with van der Waals surface area (Å²) in [5, 5.41) is 6.39. The van der Waals surface area contributed by atoms with E-state index in [1.54, 1.807) is 7.11 Å². The molecule has 0 aliphatic heterocycles. The van der Waals surface area contributed by atoms with Crippen LogP contribution in [0.2, 0.25) is 0 Å². The van der Waals surface area contributed by atoms with Crippen molar-refractivity contribution in [3.63, 3.8) is 0 Å². The van der Waals surface area contributed by atoms with E-state index in [0.717, 1.165) is 22.9 Å². The second kappa shape index (κ2) is 14.2. The van der Waals surface area contributed by atoms with Gasteiger partial charge in [0.25, 0.3) is 0 Å². The Morgan fingerprint density at radius 1 is 1.04 bits per heavy atom. The third-order valence-corrected chi connectivity index (χ3v) is 4.97. The average Bonchev–Trinajstić information content (AvgIpc) is 2.72. The Kier molecular flexibility index (Phi) is 12.3. The van der Waals surface area contributed by atoms with Gasteiger partial charge in [0.1, 0.15) is 18.1 Å². The molecule has 0 heterocycles. The SMILES string of the molecule is CCNC(=NCCS(=O)c1ccccc1)NCCOc1ccc(OC)cc1.I. The summed E-state index contributed by atoms with van der Waals surface area (Å²) < 4.78 is 23.0. The van der Waals surface area contributed by atoms with Gasteiger partial charge in [-0.25, -0.2) is 0 Å². The number of rotatable bonds is 10. The Bertz CT molecular complexity index is 727. The summed E-state index contributed by atoms with van der Waals surface area (Å²) in [5.41, 5.74) is 0. The highest BCUT2D eigenvalue weighted by molar-refractivity contribution is 14.0. The van der Waals surface area contributed by atoms with Crippen molar-refractivity contribution in [2.24, 2.45) is 4.99 Å². The Morgan fingerprint density at radius 2 is 1.71 bits per heavy atom. The lowest BCUT2D eigenvalue weighted by Crippen LogP contribution is -2.39. The molecule has 1 unspecified atom stereocenters. The number of methoxy groups -OCH3 is 1. The van der Waals surface area contributed by atoms with Gasteiger partial charge in [-0.2, -0.15) is 0 Å². The van der Waals surface area contributed by atoms with E-state index in [1.165, 1.54) is 0 Å². The Morgan fingerprint density at radius 3 is 2.36 bits per heavy atom. The predicted molar refractivity (Wildman–Crippen MR) is 126 cm³/mol. The van der Waals surface area contributed by atoms with Crippen molar-refractivity contribution < 1.29 is 13.7 Å². The summed E-state index contributed by atoms with van der Waals surface area (Å²) >= 11 is 0. The van der Waals surface area contributed by atoms with E-state index in [1.807, 2.05) is 61.5 Å². The molecule has 6 nitrogen and oxygen atoms in total. The molecule has 2 N–H and O–H groups in total. The van der Waals surface area contributed by atoms with Gasteiger partial charge in [-0.1, -0.05) is 18.2 Å². The molecule has 28 heavy (non-hydrogen) atoms. The predicted octanol–water partition coefficient (Wildman–Crippen LogP) is 3.05. The van der Waals surface area contributed by atoms with Crippen LogP contribution in [0.3, 0.4) is 0 Å². The zero-order valence-corrected chi connectivity index (χ0v) is 19.4. The van der Waals surface area contributed by atoms with Crippen LogP contribution >= 0.6 is 24.0 Å². The van der Waals surface area contributed by atoms with Gasteiger partial charge in [0.15, 0.2) is 5.96 Å². The fourth-order valence-electron chi connectivity index (χ4n) is 2.28. The molecule has 0 spiro atoms. The number of hydrogen-bond acceptors (Lipinski definition) is 4. The lowest BCUT2D eigenvalue weighted by atomic mass is 10.3. The fourth-order valence-corrected chi connectivity index (χ4v) is 3.24. The van der Waals surface area contributed by atoms with Crippen LogP contribution in [-0.2, 0) is 10.8 Å². The van der Waals surface area contributed by atoms with E-state index in [-0.39, 0.29) is 24.0 Å². The first-order valence-electron chi connectivity index (χ1n) is 8.95. The average molecular weight is 517 g/mol. The van der Waals surface area contributed by atoms with Gasteiger partial charge in [-0.15, -0.1) is 24.0 Å². The van der Waals surface area contributed by atoms with Crippen molar-refractivity contribution in [3.8, 4) is 11.5 Å². The van der Waals surface area contributed by atoms with Crippen molar-refractivity contribution in [1.82, 2.24) is 10.6 Å². The van der Waals surface area contributed by atoms with E-state index in [4.69, 9.17) is 9.47 Å². The zero-order valence-electron chi connectivity index (χ0n) is 16.2. The molecular formula is C20H28IN3O3S. The molecule has 0 radical (unpaired) electrons. The summed E-state index contributed by atoms with van der Waals surface area (Å²) in [6, 6.07) is 16.9. The monoisotopic (exact) mass is 517 g/mol. The quantitative estimate of drug-likeness (QED) is 0.220. The summed E-state index contributed by atoms with van der Waals surface area (Å²) in [6.45, 7) is 4.36. The van der Waals surface area contributed by atoms with Gasteiger partial charge in [0.05, 0.1) is 31.0 Å². The number of aliphatic imine (C=N–C) groups is 1. The van der Waals surface area contributed by atoms with E-state index in [0.29, 0.717) is 31.4 Å². The standard InChI is InChI=1S/C20H27N3O3S.HI/c1-3-21-20(23-14-16-27(24)19-7-5-4-6-8-19)22-13-15-26-18-11-9-17(25-2)10-12-18;/h4-12H,3,13-16H2,1-2H3,(H2,21,22,23);1H. The highest BCUT2D eigenvalue weighted by Crippen LogP contribution is 2.16. The first kappa shape index (κ1) is 24.2. The highest BCUT2D eigenvalue weighted by atomic mass is 127. The van der Waals surface area contributed by atoms with Crippen LogP contribution in [0.5, 0.6) is 11.5 Å². The first-order valence-corrected chi connectivity index (χ1v) is 10.3. The van der Waals surface area contributed by atoms with Crippen LogP contribution in [-0.4, -0.2) is 49.3 Å². The van der Waals surface area contributed by atoms with E-state index < -0.39 is 10.8 Å². The number of ether oxygens (including phenoxy) is 2. The topological polar surface area (TPSA) is 72.0 Å². The lowest BCUT2D eigenvalue weighted by molar-refractivity contribution is 0.321. The molecule has 0 aliphatic carbocycles. The fraction of sp³-hybridized carbons (Fsp3) is 0.350. The van der Waals surface area contributed by atoms with Gasteiger partial charge in [-0.05, 0) is 43.3 Å². The Labute approximate surface area is 186 Å². The Hall–Kier alpha value is -1.81. The minimum Gasteiger partial charge on any atom is -0.497 e. The number of guanidine groups is 1. The molecule has 0 bridgehead atoms. The maximum atomic E-state index is 12.2. The molecule has 0 saturated carbocycles. The van der Waals surface area contributed by atoms with Gasteiger partial charge in [0, 0.05) is 17.2 Å². The minimum absolute atomic E-state index is 0. The number of hydrogen-bond donors (Lipinski definition) is 2. The smallest absolute Gasteiger partial charge is 0.191 e. The van der Waals surface area contributed by atoms with Crippen LogP contribution in [0, 0.1) is 0 Å². The van der Waals surface area contributed by atoms with Gasteiger partial charge >= 0.3 is 0 Å². The molecule has 2 rings (SSSR count). The van der Waals surface area contributed by atoms with Crippen LogP contribution in [0.1, 0.15) is 6.92 Å². The number of halogens is 1. The molecule has 2 aromatic rings. The van der Waals surface area contributed by atoms with E-state index in [2.05, 4.69) is 15.6 Å². The van der Waals surface area contributed by atoms with Gasteiger partial charge < -0.3 is 20.1 Å². The first-order chi connectivity index (χ1) is 13.2. The lowest BCUT2D eigenvalue weighted by Gasteiger charge is -2.12. The number of benzene rings is 2. The third-order valence-electron chi connectivity index (χ3n) is 3.62. The van der Waals surface area contributed by atoms with E-state index in [9.17, 15) is 4.21 Å². The highest BCUT2D eigenvalue weighted by Gasteiger charge is 2.03. The summed E-state index contributed by atoms with van der Waals surface area (Å²) in [4.78, 5) is 5.31. The second-order valence-corrected chi connectivity index (χ2v) is 7.14. The molecule has 0 fully saturated rings. The molecule has 0 amide bonds. The molecule has 0 saturated heterocycles. The van der Waals surface area contributed by atoms with Crippen LogP contribution in [0.15, 0.2) is 64.5 Å². The molecule has 1 atom stereocenters. The largest absolute Gasteiger partial charge is 0.497 e. The van der Waals surface area contributed by atoms with Crippen LogP contribution in [0.25, 0.3) is 0 Å². The van der Waals surface area contributed by atoms with Crippen LogP contribution in [0.4, 0.5) is 0 Å². The Balaban J connectivity index is 0.00000392. The molecule has 8 heteroatoms. The number of nitrogens with zero attached hydrogens (tertiary/aromatic N) is 1. The van der Waals surface area contributed by atoms with E-state index >= 15 is 0 Å². The van der Waals surface area contributed by atoms with Crippen LogP contribution < -0.4 is 20.1 Å². The van der Waals surface area contributed by atoms with Crippen molar-refractivity contribution in [1.29, 1.82) is 0 Å². The van der Waals surface area contributed by atoms with Crippen molar-refractivity contribution in [2.75, 3.05) is 39.1 Å². The normalized spacial score (nSPS) is 11.9. The minimum atomic E-state index is -1.04. The summed E-state index contributed by atoms with van der Waals surface area (Å²) in [6.07, 6.45) is 0. The summed E-state index contributed by atoms with van der Waals surface area (Å²) in [5.74, 6) is 2.77. The maximum absolute atomic E-state index is 12.2. The maximum Gasteiger partial charge on any atom is 0.191 e. The molecule has 2 aromatic carbocycles. The molecule has 0 aliphatic rings. The van der Waals surface area contributed by atoms with Crippen molar-refractivity contribution in [3.05, 3.63) is 54.6 Å². The molecular weight excluding hydrogens is 489 g/mol. The zero-order chi connectivity index (χ0) is 19.3. The third kappa shape index (κ3) is 8.92. The van der Waals surface area contributed by atoms with Crippen molar-refractivity contribution in [2.45, 2.75) is 11.8 Å². The summed E-state index contributed by atoms with van der Waals surface area (Å²) in [7, 11) is 0.599. The molecule has 0 aromatic heterocycles.